The number of fused-ring (bicyclic) bond motifs is 1. The van der Waals surface area contributed by atoms with Gasteiger partial charge in [0.15, 0.2) is 17.9 Å². The third-order valence-corrected chi connectivity index (χ3v) is 7.86. The van der Waals surface area contributed by atoms with Gasteiger partial charge in [0.05, 0.1) is 24.5 Å². The number of nitrogens with zero attached hydrogens (tertiary/aromatic N) is 5. The molecule has 4 aromatic rings. The van der Waals surface area contributed by atoms with E-state index in [0.29, 0.717) is 33.5 Å². The Balaban J connectivity index is 1.50. The highest BCUT2D eigenvalue weighted by Crippen LogP contribution is 2.40. The van der Waals surface area contributed by atoms with E-state index in [1.807, 2.05) is 0 Å². The zero-order valence-electron chi connectivity index (χ0n) is 24.3. The SMILES string of the molecule is CC(=O)c1cn(CC(=O)N2C[C@H](F)C[C@H]2C(=O)Cc2cccc(C)n2)c2cc(OCP(=O)(O)O)c(-c3cnc(C)nc3)cc12. The third kappa shape index (κ3) is 6.91. The lowest BCUT2D eigenvalue weighted by Gasteiger charge is -2.24. The van der Waals surface area contributed by atoms with Gasteiger partial charge in [0.1, 0.15) is 24.3 Å². The van der Waals surface area contributed by atoms with Crippen LogP contribution in [0.1, 0.15) is 40.9 Å². The van der Waals surface area contributed by atoms with Gasteiger partial charge >= 0.3 is 7.60 Å². The van der Waals surface area contributed by atoms with Crippen molar-refractivity contribution in [1.82, 2.24) is 24.4 Å². The number of aryl methyl sites for hydroxylation is 2. The molecule has 1 aromatic carbocycles. The summed E-state index contributed by atoms with van der Waals surface area (Å²) in [7, 11) is -4.57. The highest BCUT2D eigenvalue weighted by molar-refractivity contribution is 7.51. The normalized spacial score (nSPS) is 16.8. The average molecular weight is 624 g/mol. The number of likely N-dealkylation sites (tertiary alicyclic amines) is 1. The maximum Gasteiger partial charge on any atom is 0.362 e. The van der Waals surface area contributed by atoms with Crippen LogP contribution in [0.4, 0.5) is 4.39 Å². The Labute approximate surface area is 252 Å². The van der Waals surface area contributed by atoms with Gasteiger partial charge in [-0.15, -0.1) is 0 Å². The molecule has 2 atom stereocenters. The number of aromatic nitrogens is 4. The predicted molar refractivity (Wildman–Crippen MR) is 158 cm³/mol. The van der Waals surface area contributed by atoms with E-state index >= 15 is 0 Å². The van der Waals surface area contributed by atoms with Gasteiger partial charge in [-0.3, -0.25) is 23.9 Å². The van der Waals surface area contributed by atoms with Gasteiger partial charge in [0.2, 0.25) is 5.91 Å². The minimum absolute atomic E-state index is 0.0461. The second-order valence-electron chi connectivity index (χ2n) is 10.9. The van der Waals surface area contributed by atoms with Gasteiger partial charge in [0.25, 0.3) is 0 Å². The second kappa shape index (κ2) is 12.4. The van der Waals surface area contributed by atoms with Crippen LogP contribution in [0.25, 0.3) is 22.0 Å². The molecule has 2 N–H and O–H groups in total. The van der Waals surface area contributed by atoms with E-state index in [2.05, 4.69) is 15.0 Å². The number of carbonyl (C=O) groups is 3. The second-order valence-corrected chi connectivity index (χ2v) is 12.4. The van der Waals surface area contributed by atoms with Gasteiger partial charge in [-0.25, -0.2) is 14.4 Å². The molecule has 230 valence electrons. The van der Waals surface area contributed by atoms with E-state index in [4.69, 9.17) is 4.74 Å². The molecule has 1 saturated heterocycles. The zero-order chi connectivity index (χ0) is 31.8. The molecular formula is C30H31FN5O7P. The number of alkyl halides is 1. The topological polar surface area (TPSA) is 165 Å². The number of amides is 1. The van der Waals surface area contributed by atoms with Crippen molar-refractivity contribution < 1.29 is 37.9 Å². The molecule has 44 heavy (non-hydrogen) atoms. The quantitative estimate of drug-likeness (QED) is 0.197. The van der Waals surface area contributed by atoms with E-state index < -0.39 is 32.1 Å². The largest absolute Gasteiger partial charge is 0.480 e. The summed E-state index contributed by atoms with van der Waals surface area (Å²) in [5, 5.41) is 0.451. The Bertz CT molecular complexity index is 1800. The molecule has 0 spiro atoms. The van der Waals surface area contributed by atoms with Crippen LogP contribution in [0, 0.1) is 13.8 Å². The Morgan fingerprint density at radius 2 is 1.86 bits per heavy atom. The summed E-state index contributed by atoms with van der Waals surface area (Å²) in [6, 6.07) is 7.41. The average Bonchev–Trinajstić information content (AvgIpc) is 3.52. The van der Waals surface area contributed by atoms with Crippen LogP contribution in [-0.4, -0.2) is 76.8 Å². The van der Waals surface area contributed by atoms with Gasteiger partial charge in [-0.05, 0) is 39.0 Å². The van der Waals surface area contributed by atoms with Crippen LogP contribution < -0.4 is 4.74 Å². The van der Waals surface area contributed by atoms with Crippen molar-refractivity contribution in [2.45, 2.75) is 52.4 Å². The number of carbonyl (C=O) groups excluding carboxylic acids is 3. The van der Waals surface area contributed by atoms with Gasteiger partial charge in [-0.1, -0.05) is 6.07 Å². The third-order valence-electron chi connectivity index (χ3n) is 7.39. The number of hydrogen-bond acceptors (Lipinski definition) is 8. The fourth-order valence-electron chi connectivity index (χ4n) is 5.36. The maximum absolute atomic E-state index is 14.6. The molecule has 0 unspecified atom stereocenters. The van der Waals surface area contributed by atoms with Crippen LogP contribution in [0.3, 0.4) is 0 Å². The minimum atomic E-state index is -4.57. The molecule has 0 bridgehead atoms. The highest BCUT2D eigenvalue weighted by atomic mass is 31.2. The van der Waals surface area contributed by atoms with Crippen molar-refractivity contribution in [3.05, 3.63) is 71.7 Å². The van der Waals surface area contributed by atoms with E-state index in [9.17, 15) is 33.1 Å². The lowest BCUT2D eigenvalue weighted by molar-refractivity contribution is -0.137. The van der Waals surface area contributed by atoms with Crippen LogP contribution in [-0.2, 0) is 27.1 Å². The predicted octanol–water partition coefficient (Wildman–Crippen LogP) is 3.58. The van der Waals surface area contributed by atoms with Crippen molar-refractivity contribution in [2.24, 2.45) is 0 Å². The van der Waals surface area contributed by atoms with Crippen molar-refractivity contribution >= 4 is 36.0 Å². The molecular weight excluding hydrogens is 592 g/mol. The fraction of sp³-hybridized carbons (Fsp3) is 0.333. The van der Waals surface area contributed by atoms with E-state index in [1.54, 1.807) is 38.1 Å². The molecule has 14 heteroatoms. The van der Waals surface area contributed by atoms with E-state index in [-0.39, 0.29) is 48.8 Å². The summed E-state index contributed by atoms with van der Waals surface area (Å²) in [6.45, 7) is 4.30. The Morgan fingerprint density at radius 3 is 2.52 bits per heavy atom. The number of hydrogen-bond donors (Lipinski definition) is 2. The molecule has 12 nitrogen and oxygen atoms in total. The summed E-state index contributed by atoms with van der Waals surface area (Å²) >= 11 is 0. The summed E-state index contributed by atoms with van der Waals surface area (Å²) in [5.41, 5.74) is 2.78. The molecule has 0 radical (unpaired) electrons. The Hall–Kier alpha value is -4.32. The summed E-state index contributed by atoms with van der Waals surface area (Å²) in [4.78, 5) is 72.3. The number of ether oxygens (including phenoxy) is 1. The van der Waals surface area contributed by atoms with E-state index in [1.165, 1.54) is 41.0 Å². The van der Waals surface area contributed by atoms with Gasteiger partial charge < -0.3 is 24.0 Å². The Kier molecular flexibility index (Phi) is 8.73. The first-order chi connectivity index (χ1) is 20.8. The maximum atomic E-state index is 14.6. The molecule has 1 amide bonds. The van der Waals surface area contributed by atoms with Gasteiger partial charge in [-0.2, -0.15) is 0 Å². The van der Waals surface area contributed by atoms with E-state index in [0.717, 1.165) is 5.69 Å². The Morgan fingerprint density at radius 1 is 1.14 bits per heavy atom. The first-order valence-corrected chi connectivity index (χ1v) is 15.6. The smallest absolute Gasteiger partial charge is 0.362 e. The molecule has 1 aliphatic rings. The highest BCUT2D eigenvalue weighted by Gasteiger charge is 2.39. The fourth-order valence-corrected chi connectivity index (χ4v) is 5.66. The van der Waals surface area contributed by atoms with Gasteiger partial charge in [0, 0.05) is 64.5 Å². The number of Topliss-reactive ketones (excluding diaryl/α,β-unsaturated/α-hetero) is 2. The molecule has 3 aromatic heterocycles. The minimum Gasteiger partial charge on any atom is -0.480 e. The van der Waals surface area contributed by atoms with Crippen molar-refractivity contribution in [1.29, 1.82) is 0 Å². The first kappa shape index (κ1) is 31.1. The van der Waals surface area contributed by atoms with Crippen LogP contribution in [0.5, 0.6) is 5.75 Å². The summed E-state index contributed by atoms with van der Waals surface area (Å²) in [6.07, 6.45) is 2.07. The summed E-state index contributed by atoms with van der Waals surface area (Å²) in [5.74, 6) is -0.567. The molecule has 4 heterocycles. The number of rotatable bonds is 10. The molecule has 0 aliphatic carbocycles. The summed E-state index contributed by atoms with van der Waals surface area (Å²) < 4.78 is 33.3. The monoisotopic (exact) mass is 623 g/mol. The lowest BCUT2D eigenvalue weighted by Crippen LogP contribution is -2.42. The van der Waals surface area contributed by atoms with Crippen LogP contribution in [0.15, 0.2) is 48.9 Å². The van der Waals surface area contributed by atoms with Crippen molar-refractivity contribution in [3.63, 3.8) is 0 Å². The number of halogens is 1. The molecule has 0 saturated carbocycles. The van der Waals surface area contributed by atoms with Crippen molar-refractivity contribution in [2.75, 3.05) is 12.9 Å². The van der Waals surface area contributed by atoms with Crippen molar-refractivity contribution in [3.8, 4) is 16.9 Å². The number of ketones is 2. The number of pyridine rings is 1. The van der Waals surface area contributed by atoms with Crippen LogP contribution in [0.2, 0.25) is 0 Å². The van der Waals surface area contributed by atoms with Crippen LogP contribution >= 0.6 is 7.60 Å². The first-order valence-electron chi connectivity index (χ1n) is 13.8. The molecule has 1 aliphatic heterocycles. The molecule has 5 rings (SSSR count). The lowest BCUT2D eigenvalue weighted by atomic mass is 10.0. The standard InChI is InChI=1S/C30H31FN5O7P/c1-17-5-4-6-22(34-17)8-28(38)27-7-21(31)13-36(27)30(39)15-35-14-25(18(2)37)24-9-23(20-11-32-19(3)33-12-20)29(10-26(24)35)43-16-44(40,41)42/h4-6,9-12,14,21,27H,7-8,13,15-16H2,1-3H3,(H2,40,41,42)/t21-,27+/m1/s1. The zero-order valence-corrected chi connectivity index (χ0v) is 25.2. The molecule has 1 fully saturated rings. The number of benzene rings is 1.